The summed E-state index contributed by atoms with van der Waals surface area (Å²) >= 11 is 0. The van der Waals surface area contributed by atoms with Gasteiger partial charge in [-0.05, 0) is 0 Å². The molecule has 0 saturated carbocycles. The first-order valence-corrected chi connectivity index (χ1v) is 2.96. The lowest BCUT2D eigenvalue weighted by Gasteiger charge is -2.14. The van der Waals surface area contributed by atoms with E-state index in [1.165, 1.54) is 0 Å². The number of rotatable bonds is 1. The second kappa shape index (κ2) is 3.70. The summed E-state index contributed by atoms with van der Waals surface area (Å²) in [5.41, 5.74) is 0. The molecule has 0 radical (unpaired) electrons. The van der Waals surface area contributed by atoms with Gasteiger partial charge in [-0.3, -0.25) is 24.5 Å². The zero-order chi connectivity index (χ0) is 10.2. The Morgan fingerprint density at radius 2 is 1.71 bits per heavy atom. The van der Waals surface area contributed by atoms with E-state index in [1.54, 1.807) is 0 Å². The van der Waals surface area contributed by atoms with Crippen LogP contribution in [0.1, 0.15) is 0 Å². The average molecular weight is 203 g/mol. The Kier molecular flexibility index (Phi) is 3.13. The van der Waals surface area contributed by atoms with Crippen molar-refractivity contribution in [3.05, 3.63) is 10.1 Å². The quantitative estimate of drug-likeness (QED) is 0.213. The summed E-state index contributed by atoms with van der Waals surface area (Å²) in [5.74, 6) is -6.25. The highest BCUT2D eigenvalue weighted by atomic mass is 16.6. The van der Waals surface area contributed by atoms with Gasteiger partial charge in [0.15, 0.2) is 0 Å². The molecule has 0 aromatic rings. The van der Waals surface area contributed by atoms with Crippen LogP contribution in [0.5, 0.6) is 0 Å². The van der Waals surface area contributed by atoms with Crippen LogP contribution in [0.4, 0.5) is 0 Å². The summed E-state index contributed by atoms with van der Waals surface area (Å²) < 4.78 is 0. The van der Waals surface area contributed by atoms with Gasteiger partial charge in [0.1, 0.15) is 0 Å². The number of carbonyl (C=O) groups is 3. The first-order chi connectivity index (χ1) is 5.95. The van der Waals surface area contributed by atoms with Crippen molar-refractivity contribution in [2.45, 2.75) is 6.04 Å². The van der Waals surface area contributed by atoms with E-state index in [9.17, 15) is 29.6 Å². The molecule has 0 spiro atoms. The van der Waals surface area contributed by atoms with Crippen molar-refractivity contribution in [1.29, 1.82) is 0 Å². The zero-order valence-electron chi connectivity index (χ0n) is 6.92. The first-order valence-electron chi connectivity index (χ1n) is 2.96. The monoisotopic (exact) mass is 203 g/mol. The largest absolute Gasteiger partial charge is 0.856 e. The zero-order valence-corrected chi connectivity index (χ0v) is 6.92. The van der Waals surface area contributed by atoms with E-state index in [1.807, 2.05) is 0 Å². The number of hydrogen-bond acceptors (Lipinski definition) is 6. The van der Waals surface area contributed by atoms with Gasteiger partial charge in [-0.25, -0.2) is 4.99 Å². The van der Waals surface area contributed by atoms with E-state index in [-0.39, 0.29) is 6.15 Å². The molecule has 1 amide bonds. The van der Waals surface area contributed by atoms with Crippen LogP contribution in [0, 0.1) is 10.1 Å². The van der Waals surface area contributed by atoms with Crippen molar-refractivity contribution in [2.75, 3.05) is 0 Å². The standard InChI is InChI=1S/C5H2N2O6.H3N/c8-2-1(7(12)13)3(9)5(11)6-4(2)10;/h1H,(H,6,10,11);1H3. The minimum atomic E-state index is -2.41. The molecule has 9 nitrogen and oxygen atoms in total. The summed E-state index contributed by atoms with van der Waals surface area (Å²) in [6.45, 7) is 0. The Morgan fingerprint density at radius 1 is 1.21 bits per heavy atom. The molecule has 0 aromatic heterocycles. The van der Waals surface area contributed by atoms with E-state index in [2.05, 4.69) is 4.99 Å². The highest BCUT2D eigenvalue weighted by Gasteiger charge is 2.45. The van der Waals surface area contributed by atoms with Gasteiger partial charge in [0.25, 0.3) is 0 Å². The summed E-state index contributed by atoms with van der Waals surface area (Å²) in [5, 5.41) is 20.6. The minimum absolute atomic E-state index is 0. The van der Waals surface area contributed by atoms with E-state index >= 15 is 0 Å². The number of amides is 1. The van der Waals surface area contributed by atoms with E-state index in [0.717, 1.165) is 0 Å². The molecule has 1 heterocycles. The minimum Gasteiger partial charge on any atom is -0.856 e. The lowest BCUT2D eigenvalue weighted by atomic mass is 10.1. The summed E-state index contributed by atoms with van der Waals surface area (Å²) in [7, 11) is 0. The number of ketones is 2. The van der Waals surface area contributed by atoms with Gasteiger partial charge < -0.3 is 11.3 Å². The Balaban J connectivity index is 0.00000169. The van der Waals surface area contributed by atoms with Crippen molar-refractivity contribution in [1.82, 2.24) is 6.15 Å². The number of hydrogen-bond donors (Lipinski definition) is 1. The molecule has 1 atom stereocenters. The van der Waals surface area contributed by atoms with Gasteiger partial charge in [-0.2, -0.15) is 0 Å². The van der Waals surface area contributed by atoms with Crippen molar-refractivity contribution in [3.8, 4) is 0 Å². The predicted octanol–water partition coefficient (Wildman–Crippen LogP) is -2.55. The maximum absolute atomic E-state index is 10.7. The van der Waals surface area contributed by atoms with Crippen molar-refractivity contribution in [3.63, 3.8) is 0 Å². The van der Waals surface area contributed by atoms with Crippen LogP contribution in [-0.2, 0) is 14.4 Å². The van der Waals surface area contributed by atoms with Gasteiger partial charge in [0.05, 0.1) is 0 Å². The molecule has 0 aromatic carbocycles. The topological polar surface area (TPSA) is 166 Å². The van der Waals surface area contributed by atoms with Crippen LogP contribution in [0.3, 0.4) is 0 Å². The molecule has 0 saturated heterocycles. The average Bonchev–Trinajstić information content (AvgIpc) is 2.01. The Bertz CT molecular complexity index is 358. The molecule has 0 bridgehead atoms. The van der Waals surface area contributed by atoms with Crippen LogP contribution in [0.15, 0.2) is 4.99 Å². The Hall–Kier alpha value is -2.16. The normalized spacial score (nSPS) is 21.3. The first kappa shape index (κ1) is 11.8. The van der Waals surface area contributed by atoms with Gasteiger partial charge >= 0.3 is 17.7 Å². The molecule has 0 aliphatic carbocycles. The fraction of sp³-hybridized carbons (Fsp3) is 0.200. The van der Waals surface area contributed by atoms with Gasteiger partial charge in [-0.1, -0.05) is 0 Å². The molecule has 76 valence electrons. The van der Waals surface area contributed by atoms with Gasteiger partial charge in [-0.15, -0.1) is 0 Å². The third kappa shape index (κ3) is 1.61. The van der Waals surface area contributed by atoms with Crippen LogP contribution >= 0.6 is 0 Å². The molecule has 14 heavy (non-hydrogen) atoms. The summed E-state index contributed by atoms with van der Waals surface area (Å²) in [6.07, 6.45) is 0. The Morgan fingerprint density at radius 3 is 2.14 bits per heavy atom. The molecule has 1 unspecified atom stereocenters. The van der Waals surface area contributed by atoms with Crippen LogP contribution < -0.4 is 11.3 Å². The van der Waals surface area contributed by atoms with Crippen molar-refractivity contribution < 1.29 is 24.4 Å². The third-order valence-corrected chi connectivity index (χ3v) is 1.33. The van der Waals surface area contributed by atoms with Crippen LogP contribution in [0.2, 0.25) is 0 Å². The van der Waals surface area contributed by atoms with E-state index in [4.69, 9.17) is 0 Å². The molecule has 1 aliphatic heterocycles. The molecule has 4 N–H and O–H groups in total. The fourth-order valence-electron chi connectivity index (χ4n) is 0.747. The van der Waals surface area contributed by atoms with E-state index < -0.39 is 34.3 Å². The molecule has 0 fully saturated rings. The number of nitrogens with zero attached hydrogens (tertiary/aromatic N) is 2. The molecule has 1 aliphatic rings. The Labute approximate surface area is 76.2 Å². The second-order valence-corrected chi connectivity index (χ2v) is 2.14. The predicted molar refractivity (Wildman–Crippen MR) is 39.2 cm³/mol. The SMILES string of the molecule is O=C1N=C([O-])C(=O)C([N+](=O)[O-])C1=O.[NH4+]. The molecule has 1 rings (SSSR count). The maximum atomic E-state index is 10.7. The number of Topliss-reactive ketones (excluding diaryl/α,β-unsaturated/α-hetero) is 2. The second-order valence-electron chi connectivity index (χ2n) is 2.14. The van der Waals surface area contributed by atoms with Crippen LogP contribution in [0.25, 0.3) is 0 Å². The maximum Gasteiger partial charge on any atom is 0.341 e. The third-order valence-electron chi connectivity index (χ3n) is 1.33. The van der Waals surface area contributed by atoms with Gasteiger partial charge in [0, 0.05) is 10.8 Å². The molecular weight excluding hydrogens is 198 g/mol. The van der Waals surface area contributed by atoms with E-state index in [0.29, 0.717) is 0 Å². The number of carbonyl (C=O) groups excluding carboxylic acids is 3. The van der Waals surface area contributed by atoms with Crippen LogP contribution in [-0.4, -0.2) is 34.3 Å². The smallest absolute Gasteiger partial charge is 0.341 e. The number of quaternary nitrogens is 1. The van der Waals surface area contributed by atoms with Crippen molar-refractivity contribution in [2.24, 2.45) is 4.99 Å². The molecular formula is C5H5N3O6. The lowest BCUT2D eigenvalue weighted by Crippen LogP contribution is -2.52. The number of nitro groups is 1. The van der Waals surface area contributed by atoms with Crippen molar-refractivity contribution >= 4 is 23.4 Å². The highest BCUT2D eigenvalue weighted by Crippen LogP contribution is 2.03. The number of aliphatic imine (C=N–C) groups is 1. The molecule has 9 heteroatoms. The summed E-state index contributed by atoms with van der Waals surface area (Å²) in [4.78, 5) is 43.1. The van der Waals surface area contributed by atoms with Gasteiger partial charge in [0.2, 0.25) is 5.78 Å². The summed E-state index contributed by atoms with van der Waals surface area (Å²) in [6, 6.07) is -2.41. The highest BCUT2D eigenvalue weighted by molar-refractivity contribution is 6.56. The fourth-order valence-corrected chi connectivity index (χ4v) is 0.747. The lowest BCUT2D eigenvalue weighted by molar-refractivity contribution is -0.492.